The molecule has 1 heterocycles. The van der Waals surface area contributed by atoms with Gasteiger partial charge in [-0.15, -0.1) is 0 Å². The number of hydrogen-bond donors (Lipinski definition) is 1. The number of ether oxygens (including phenoxy) is 1. The second kappa shape index (κ2) is 6.84. The highest BCUT2D eigenvalue weighted by Crippen LogP contribution is 2.21. The second-order valence-corrected chi connectivity index (χ2v) is 5.20. The summed E-state index contributed by atoms with van der Waals surface area (Å²) in [7, 11) is 1.71. The largest absolute Gasteiger partial charge is 0.383 e. The highest BCUT2D eigenvalue weighted by Gasteiger charge is 2.07. The van der Waals surface area contributed by atoms with Crippen LogP contribution in [-0.4, -0.2) is 29.8 Å². The molecule has 5 heteroatoms. The lowest BCUT2D eigenvalue weighted by atomic mass is 10.1. The molecule has 0 amide bonds. The van der Waals surface area contributed by atoms with Crippen LogP contribution in [0.3, 0.4) is 0 Å². The third-order valence-electron chi connectivity index (χ3n) is 2.93. The lowest BCUT2D eigenvalue weighted by molar-refractivity contribution is 0.199. The molecule has 0 unspecified atom stereocenters. The Hall–Kier alpha value is -1.17. The summed E-state index contributed by atoms with van der Waals surface area (Å²) in [4.78, 5) is 4.28. The van der Waals surface area contributed by atoms with Crippen LogP contribution in [0.4, 0.5) is 0 Å². The summed E-state index contributed by atoms with van der Waals surface area (Å²) in [6.07, 6.45) is 3.80. The molecule has 0 radical (unpaired) electrons. The smallest absolute Gasteiger partial charge is 0.110 e. The average Bonchev–Trinajstić information content (AvgIpc) is 2.82. The van der Waals surface area contributed by atoms with Gasteiger partial charge in [0.05, 0.1) is 12.3 Å². The molecule has 0 aliphatic carbocycles. The highest BCUT2D eigenvalue weighted by molar-refractivity contribution is 9.10. The van der Waals surface area contributed by atoms with Crippen molar-refractivity contribution in [2.45, 2.75) is 13.5 Å². The number of rotatable bonds is 6. The summed E-state index contributed by atoms with van der Waals surface area (Å²) < 4.78 is 8.20. The van der Waals surface area contributed by atoms with Crippen LogP contribution in [0, 0.1) is 6.92 Å². The minimum atomic E-state index is 0.718. The van der Waals surface area contributed by atoms with Crippen LogP contribution >= 0.6 is 15.9 Å². The number of benzene rings is 1. The van der Waals surface area contributed by atoms with E-state index >= 15 is 0 Å². The number of aryl methyl sites for hydroxylation is 1. The van der Waals surface area contributed by atoms with Crippen LogP contribution in [0.5, 0.6) is 0 Å². The van der Waals surface area contributed by atoms with Crippen LogP contribution in [0.25, 0.3) is 5.69 Å². The van der Waals surface area contributed by atoms with Crippen LogP contribution in [0.1, 0.15) is 11.4 Å². The molecule has 1 aromatic carbocycles. The van der Waals surface area contributed by atoms with Gasteiger partial charge in [-0.3, -0.25) is 0 Å². The monoisotopic (exact) mass is 323 g/mol. The topological polar surface area (TPSA) is 39.1 Å². The van der Waals surface area contributed by atoms with E-state index in [1.807, 2.05) is 19.3 Å². The van der Waals surface area contributed by atoms with Crippen LogP contribution in [-0.2, 0) is 11.3 Å². The summed E-state index contributed by atoms with van der Waals surface area (Å²) >= 11 is 3.53. The number of aromatic nitrogens is 2. The van der Waals surface area contributed by atoms with Gasteiger partial charge in [-0.2, -0.15) is 0 Å². The van der Waals surface area contributed by atoms with Gasteiger partial charge in [0.25, 0.3) is 0 Å². The van der Waals surface area contributed by atoms with E-state index in [4.69, 9.17) is 4.74 Å². The molecule has 0 saturated heterocycles. The molecule has 0 atom stereocenters. The van der Waals surface area contributed by atoms with Gasteiger partial charge in [0.15, 0.2) is 0 Å². The first-order chi connectivity index (χ1) is 9.22. The van der Waals surface area contributed by atoms with Crippen molar-refractivity contribution in [3.05, 3.63) is 46.5 Å². The molecular weight excluding hydrogens is 306 g/mol. The number of nitrogens with zero attached hydrogens (tertiary/aromatic N) is 2. The molecule has 4 nitrogen and oxygen atoms in total. The Bertz CT molecular complexity index is 539. The van der Waals surface area contributed by atoms with E-state index in [9.17, 15) is 0 Å². The van der Waals surface area contributed by atoms with E-state index in [1.54, 1.807) is 7.11 Å². The van der Waals surface area contributed by atoms with E-state index < -0.39 is 0 Å². The summed E-state index contributed by atoms with van der Waals surface area (Å²) in [5.41, 5.74) is 2.38. The highest BCUT2D eigenvalue weighted by atomic mass is 79.9. The van der Waals surface area contributed by atoms with Gasteiger partial charge >= 0.3 is 0 Å². The maximum absolute atomic E-state index is 5.04. The first-order valence-electron chi connectivity index (χ1n) is 6.21. The van der Waals surface area contributed by atoms with Crippen molar-refractivity contribution in [1.29, 1.82) is 0 Å². The number of methoxy groups -OCH3 is 1. The van der Waals surface area contributed by atoms with Crippen LogP contribution in [0.15, 0.2) is 35.1 Å². The van der Waals surface area contributed by atoms with Crippen LogP contribution < -0.4 is 5.32 Å². The molecule has 0 aliphatic heterocycles. The van der Waals surface area contributed by atoms with E-state index in [1.165, 1.54) is 5.56 Å². The molecular formula is C14H18BrN3O. The normalized spacial score (nSPS) is 10.9. The van der Waals surface area contributed by atoms with Crippen molar-refractivity contribution in [3.8, 4) is 5.69 Å². The predicted octanol–water partition coefficient (Wildman–Crippen LogP) is 2.68. The summed E-state index contributed by atoms with van der Waals surface area (Å²) in [6.45, 7) is 4.37. The Morgan fingerprint density at radius 3 is 2.95 bits per heavy atom. The molecule has 2 rings (SSSR count). The molecule has 1 N–H and O–H groups in total. The Balaban J connectivity index is 2.21. The third-order valence-corrected chi connectivity index (χ3v) is 3.42. The second-order valence-electron chi connectivity index (χ2n) is 4.29. The molecule has 0 spiro atoms. The van der Waals surface area contributed by atoms with Gasteiger partial charge < -0.3 is 14.6 Å². The number of hydrogen-bond acceptors (Lipinski definition) is 3. The summed E-state index contributed by atoms with van der Waals surface area (Å²) in [5, 5.41) is 3.37. The maximum atomic E-state index is 5.04. The fourth-order valence-corrected chi connectivity index (χ4v) is 2.29. The Morgan fingerprint density at radius 2 is 2.26 bits per heavy atom. The standard InChI is InChI=1S/C14H18BrN3O/c1-11-17-5-7-18(11)14-9-13(15)4-3-12(14)10-16-6-8-19-2/h3-5,7,9,16H,6,8,10H2,1-2H3. The van der Waals surface area contributed by atoms with Crippen molar-refractivity contribution in [1.82, 2.24) is 14.9 Å². The molecule has 0 aliphatic rings. The molecule has 2 aromatic rings. The van der Waals surface area contributed by atoms with E-state index in [2.05, 4.69) is 49.0 Å². The molecule has 0 fully saturated rings. The zero-order valence-electron chi connectivity index (χ0n) is 11.2. The number of imidazole rings is 1. The zero-order valence-corrected chi connectivity index (χ0v) is 12.8. The average molecular weight is 324 g/mol. The SMILES string of the molecule is COCCNCc1ccc(Br)cc1-n1ccnc1C. The van der Waals surface area contributed by atoms with Crippen molar-refractivity contribution >= 4 is 15.9 Å². The van der Waals surface area contributed by atoms with Gasteiger partial charge in [0, 0.05) is 37.1 Å². The maximum Gasteiger partial charge on any atom is 0.110 e. The quantitative estimate of drug-likeness (QED) is 0.831. The predicted molar refractivity (Wildman–Crippen MR) is 79.6 cm³/mol. The summed E-state index contributed by atoms with van der Waals surface area (Å²) in [6, 6.07) is 6.30. The van der Waals surface area contributed by atoms with Gasteiger partial charge in [-0.1, -0.05) is 22.0 Å². The zero-order chi connectivity index (χ0) is 13.7. The van der Waals surface area contributed by atoms with Crippen molar-refractivity contribution in [3.63, 3.8) is 0 Å². The fourth-order valence-electron chi connectivity index (χ4n) is 1.94. The Morgan fingerprint density at radius 1 is 1.42 bits per heavy atom. The van der Waals surface area contributed by atoms with E-state index in [0.29, 0.717) is 0 Å². The van der Waals surface area contributed by atoms with Crippen molar-refractivity contribution < 1.29 is 4.74 Å². The van der Waals surface area contributed by atoms with Gasteiger partial charge in [0.2, 0.25) is 0 Å². The Labute approximate surface area is 121 Å². The van der Waals surface area contributed by atoms with Gasteiger partial charge in [-0.25, -0.2) is 4.98 Å². The molecule has 19 heavy (non-hydrogen) atoms. The molecule has 102 valence electrons. The number of nitrogens with one attached hydrogen (secondary N) is 1. The minimum Gasteiger partial charge on any atom is -0.383 e. The molecule has 1 aromatic heterocycles. The fraction of sp³-hybridized carbons (Fsp3) is 0.357. The lowest BCUT2D eigenvalue weighted by Crippen LogP contribution is -2.19. The first-order valence-corrected chi connectivity index (χ1v) is 7.00. The Kier molecular flexibility index (Phi) is 5.13. The first kappa shape index (κ1) is 14.2. The molecule has 0 bridgehead atoms. The van der Waals surface area contributed by atoms with Gasteiger partial charge in [-0.05, 0) is 24.6 Å². The van der Waals surface area contributed by atoms with Crippen LogP contribution in [0.2, 0.25) is 0 Å². The van der Waals surface area contributed by atoms with Crippen molar-refractivity contribution in [2.75, 3.05) is 20.3 Å². The number of halogens is 1. The van der Waals surface area contributed by atoms with E-state index in [-0.39, 0.29) is 0 Å². The lowest BCUT2D eigenvalue weighted by Gasteiger charge is -2.13. The molecule has 0 saturated carbocycles. The van der Waals surface area contributed by atoms with Crippen molar-refractivity contribution in [2.24, 2.45) is 0 Å². The van der Waals surface area contributed by atoms with Gasteiger partial charge in [0.1, 0.15) is 5.82 Å². The summed E-state index contributed by atoms with van der Waals surface area (Å²) in [5.74, 6) is 0.983. The minimum absolute atomic E-state index is 0.718. The van der Waals surface area contributed by atoms with E-state index in [0.717, 1.165) is 35.7 Å². The third kappa shape index (κ3) is 3.65.